The van der Waals surface area contributed by atoms with Gasteiger partial charge in [0.25, 0.3) is 5.91 Å². The van der Waals surface area contributed by atoms with Gasteiger partial charge >= 0.3 is 0 Å². The predicted molar refractivity (Wildman–Crippen MR) is 69.8 cm³/mol. The molecule has 0 saturated heterocycles. The lowest BCUT2D eigenvalue weighted by atomic mass is 10.1. The van der Waals surface area contributed by atoms with Crippen LogP contribution in [0.5, 0.6) is 0 Å². The molecule has 0 saturated carbocycles. The van der Waals surface area contributed by atoms with Crippen molar-refractivity contribution in [3.05, 3.63) is 16.0 Å². The van der Waals surface area contributed by atoms with Crippen LogP contribution in [0.25, 0.3) is 0 Å². The molecule has 0 aromatic carbocycles. The zero-order chi connectivity index (χ0) is 14.6. The third kappa shape index (κ3) is 3.78. The highest BCUT2D eigenvalue weighted by Gasteiger charge is 2.20. The standard InChI is InChI=1S/C12H16N2O4S/c1-3-7-6(2)19-12(10(7)11(13)18)14-8(15)4-5-9(16)17/h3-5H2,1-2H3,(H2,13,18)(H,14,15)(H,16,17)/p-1. The summed E-state index contributed by atoms with van der Waals surface area (Å²) < 4.78 is 0. The van der Waals surface area contributed by atoms with Gasteiger partial charge in [-0.1, -0.05) is 6.92 Å². The smallest absolute Gasteiger partial charge is 0.251 e. The van der Waals surface area contributed by atoms with Crippen LogP contribution in [-0.4, -0.2) is 17.8 Å². The number of anilines is 1. The number of hydrogen-bond acceptors (Lipinski definition) is 5. The van der Waals surface area contributed by atoms with Gasteiger partial charge in [-0.25, -0.2) is 0 Å². The summed E-state index contributed by atoms with van der Waals surface area (Å²) in [6.07, 6.45) is 0.0806. The number of aryl methyl sites for hydroxylation is 1. The molecule has 0 bridgehead atoms. The number of hydrogen-bond donors (Lipinski definition) is 2. The second kappa shape index (κ2) is 6.33. The number of carbonyl (C=O) groups is 3. The van der Waals surface area contributed by atoms with Gasteiger partial charge in [0.15, 0.2) is 0 Å². The van der Waals surface area contributed by atoms with Crippen LogP contribution < -0.4 is 16.2 Å². The Morgan fingerprint density at radius 1 is 1.32 bits per heavy atom. The van der Waals surface area contributed by atoms with Crippen molar-refractivity contribution in [3.8, 4) is 0 Å². The molecule has 104 valence electrons. The number of primary amides is 1. The Balaban J connectivity index is 2.92. The van der Waals surface area contributed by atoms with Crippen LogP contribution in [0.1, 0.15) is 40.6 Å². The number of carbonyl (C=O) groups excluding carboxylic acids is 3. The summed E-state index contributed by atoms with van der Waals surface area (Å²) >= 11 is 1.26. The SMILES string of the molecule is CCc1c(C)sc(NC(=O)CCC(=O)[O-])c1C(N)=O. The summed E-state index contributed by atoms with van der Waals surface area (Å²) in [6.45, 7) is 3.73. The summed E-state index contributed by atoms with van der Waals surface area (Å²) in [5.41, 5.74) is 6.44. The topological polar surface area (TPSA) is 112 Å². The molecule has 1 rings (SSSR count). The van der Waals surface area contributed by atoms with Crippen molar-refractivity contribution in [1.29, 1.82) is 0 Å². The second-order valence-electron chi connectivity index (χ2n) is 3.98. The van der Waals surface area contributed by atoms with E-state index in [4.69, 9.17) is 5.73 Å². The maximum Gasteiger partial charge on any atom is 0.251 e. The molecule has 6 nitrogen and oxygen atoms in total. The van der Waals surface area contributed by atoms with Crippen molar-refractivity contribution in [2.75, 3.05) is 5.32 Å². The largest absolute Gasteiger partial charge is 0.550 e. The van der Waals surface area contributed by atoms with Gasteiger partial charge in [0, 0.05) is 17.3 Å². The number of amides is 2. The molecule has 0 spiro atoms. The lowest BCUT2D eigenvalue weighted by Gasteiger charge is -2.06. The molecule has 0 radical (unpaired) electrons. The number of carboxylic acids is 1. The number of rotatable bonds is 6. The summed E-state index contributed by atoms with van der Waals surface area (Å²) in [5.74, 6) is -2.37. The molecular formula is C12H15N2O4S-. The van der Waals surface area contributed by atoms with E-state index in [0.29, 0.717) is 17.0 Å². The van der Waals surface area contributed by atoms with Crippen molar-refractivity contribution in [3.63, 3.8) is 0 Å². The van der Waals surface area contributed by atoms with Crippen LogP contribution in [0.3, 0.4) is 0 Å². The van der Waals surface area contributed by atoms with Crippen molar-refractivity contribution in [2.45, 2.75) is 33.1 Å². The monoisotopic (exact) mass is 283 g/mol. The van der Waals surface area contributed by atoms with Crippen molar-refractivity contribution in [2.24, 2.45) is 5.73 Å². The molecule has 0 aliphatic rings. The van der Waals surface area contributed by atoms with Crippen LogP contribution in [-0.2, 0) is 16.0 Å². The molecule has 0 aliphatic heterocycles. The summed E-state index contributed by atoms with van der Waals surface area (Å²) in [6, 6.07) is 0. The van der Waals surface area contributed by atoms with Gasteiger partial charge in [-0.15, -0.1) is 11.3 Å². The Morgan fingerprint density at radius 2 is 1.95 bits per heavy atom. The zero-order valence-corrected chi connectivity index (χ0v) is 11.6. The van der Waals surface area contributed by atoms with Gasteiger partial charge in [0.2, 0.25) is 5.91 Å². The Hall–Kier alpha value is -1.89. The van der Waals surface area contributed by atoms with Gasteiger partial charge in [-0.2, -0.15) is 0 Å². The number of aliphatic carboxylic acids is 1. The van der Waals surface area contributed by atoms with Gasteiger partial charge in [0.1, 0.15) is 5.00 Å². The number of carboxylic acid groups (broad SMARTS) is 1. The quantitative estimate of drug-likeness (QED) is 0.775. The molecule has 1 aromatic rings. The van der Waals surface area contributed by atoms with Crippen LogP contribution >= 0.6 is 11.3 Å². The number of thiophene rings is 1. The van der Waals surface area contributed by atoms with E-state index >= 15 is 0 Å². The van der Waals surface area contributed by atoms with Crippen molar-refractivity contribution >= 4 is 34.1 Å². The second-order valence-corrected chi connectivity index (χ2v) is 5.20. The fraction of sp³-hybridized carbons (Fsp3) is 0.417. The molecular weight excluding hydrogens is 268 g/mol. The minimum atomic E-state index is -1.29. The highest BCUT2D eigenvalue weighted by atomic mass is 32.1. The Morgan fingerprint density at radius 3 is 2.42 bits per heavy atom. The van der Waals surface area contributed by atoms with E-state index in [1.54, 1.807) is 0 Å². The van der Waals surface area contributed by atoms with E-state index in [1.807, 2.05) is 13.8 Å². The number of nitrogens with two attached hydrogens (primary N) is 1. The summed E-state index contributed by atoms with van der Waals surface area (Å²) in [5, 5.41) is 13.2. The predicted octanol–water partition coefficient (Wildman–Crippen LogP) is 0.186. The molecule has 1 heterocycles. The average Bonchev–Trinajstić information content (AvgIpc) is 2.62. The molecule has 0 aliphatic carbocycles. The molecule has 7 heteroatoms. The third-order valence-corrected chi connectivity index (χ3v) is 3.68. The third-order valence-electron chi connectivity index (χ3n) is 2.62. The van der Waals surface area contributed by atoms with Crippen LogP contribution in [0.2, 0.25) is 0 Å². The molecule has 3 N–H and O–H groups in total. The Bertz CT molecular complexity index is 522. The maximum absolute atomic E-state index is 11.6. The maximum atomic E-state index is 11.6. The summed E-state index contributed by atoms with van der Waals surface area (Å²) in [4.78, 5) is 34.2. The van der Waals surface area contributed by atoms with Crippen LogP contribution in [0, 0.1) is 6.92 Å². The first kappa shape index (κ1) is 15.2. The molecule has 0 fully saturated rings. The van der Waals surface area contributed by atoms with Gasteiger partial charge in [-0.05, 0) is 25.3 Å². The molecule has 0 atom stereocenters. The van der Waals surface area contributed by atoms with Gasteiger partial charge in [0.05, 0.1) is 5.56 Å². The Labute approximate surface area is 114 Å². The minimum absolute atomic E-state index is 0.195. The van der Waals surface area contributed by atoms with Crippen LogP contribution in [0.4, 0.5) is 5.00 Å². The van der Waals surface area contributed by atoms with E-state index in [-0.39, 0.29) is 12.8 Å². The summed E-state index contributed by atoms with van der Waals surface area (Å²) in [7, 11) is 0. The molecule has 19 heavy (non-hydrogen) atoms. The van der Waals surface area contributed by atoms with E-state index in [2.05, 4.69) is 5.32 Å². The fourth-order valence-electron chi connectivity index (χ4n) is 1.76. The fourth-order valence-corrected chi connectivity index (χ4v) is 2.92. The first-order valence-corrected chi connectivity index (χ1v) is 6.60. The van der Waals surface area contributed by atoms with E-state index in [0.717, 1.165) is 10.4 Å². The molecule has 1 aromatic heterocycles. The first-order chi connectivity index (χ1) is 8.86. The first-order valence-electron chi connectivity index (χ1n) is 5.78. The van der Waals surface area contributed by atoms with E-state index in [1.165, 1.54) is 11.3 Å². The lowest BCUT2D eigenvalue weighted by molar-refractivity contribution is -0.305. The highest BCUT2D eigenvalue weighted by Crippen LogP contribution is 2.33. The van der Waals surface area contributed by atoms with Crippen LogP contribution in [0.15, 0.2) is 0 Å². The van der Waals surface area contributed by atoms with E-state index < -0.39 is 17.8 Å². The van der Waals surface area contributed by atoms with Gasteiger partial charge in [-0.3, -0.25) is 9.59 Å². The lowest BCUT2D eigenvalue weighted by Crippen LogP contribution is -2.24. The molecule has 2 amide bonds. The van der Waals surface area contributed by atoms with Gasteiger partial charge < -0.3 is 21.0 Å². The van der Waals surface area contributed by atoms with E-state index in [9.17, 15) is 19.5 Å². The highest BCUT2D eigenvalue weighted by molar-refractivity contribution is 7.16. The zero-order valence-electron chi connectivity index (χ0n) is 10.7. The van der Waals surface area contributed by atoms with Crippen molar-refractivity contribution < 1.29 is 19.5 Å². The number of nitrogens with one attached hydrogen (secondary N) is 1. The minimum Gasteiger partial charge on any atom is -0.550 e. The molecule has 0 unspecified atom stereocenters. The Kier molecular flexibility index (Phi) is 5.05. The van der Waals surface area contributed by atoms with Crippen molar-refractivity contribution in [1.82, 2.24) is 0 Å². The average molecular weight is 283 g/mol. The normalized spacial score (nSPS) is 10.2.